The van der Waals surface area contributed by atoms with Gasteiger partial charge in [0.05, 0.1) is 0 Å². The van der Waals surface area contributed by atoms with Crippen molar-refractivity contribution in [2.75, 3.05) is 20.6 Å². The van der Waals surface area contributed by atoms with E-state index in [2.05, 4.69) is 11.9 Å². The van der Waals surface area contributed by atoms with Crippen LogP contribution in [0.25, 0.3) is 0 Å². The Morgan fingerprint density at radius 3 is 2.72 bits per heavy atom. The highest BCUT2D eigenvalue weighted by atomic mass is 32.2. The zero-order valence-corrected chi connectivity index (χ0v) is 11.2. The van der Waals surface area contributed by atoms with Gasteiger partial charge in [0.15, 0.2) is 5.76 Å². The maximum Gasteiger partial charge on any atom is 0.287 e. The topological polar surface area (TPSA) is 79.6 Å². The quantitative estimate of drug-likeness (QED) is 0.614. The first-order chi connectivity index (χ1) is 8.39. The van der Waals surface area contributed by atoms with Gasteiger partial charge in [-0.15, -0.1) is 6.58 Å². The van der Waals surface area contributed by atoms with Crippen molar-refractivity contribution in [2.24, 2.45) is 0 Å². The summed E-state index contributed by atoms with van der Waals surface area (Å²) in [5, 5.41) is 2.33. The van der Waals surface area contributed by atoms with Crippen LogP contribution in [0.15, 0.2) is 34.3 Å². The largest absolute Gasteiger partial charge is 0.438 e. The van der Waals surface area contributed by atoms with Crippen LogP contribution in [0, 0.1) is 0 Å². The molecular formula is C11H16N2O4S. The molecule has 0 saturated carbocycles. The van der Waals surface area contributed by atoms with E-state index < -0.39 is 15.9 Å². The molecule has 1 rings (SSSR count). The Morgan fingerprint density at radius 1 is 1.50 bits per heavy atom. The number of hydrogen-bond donors (Lipinski definition) is 1. The van der Waals surface area contributed by atoms with Gasteiger partial charge in [0.1, 0.15) is 0 Å². The first kappa shape index (κ1) is 14.5. The highest BCUT2D eigenvalue weighted by molar-refractivity contribution is 7.88. The SMILES string of the molecule is C=CCCNC(=O)c1ccc(S(=O)(=O)N(C)C)o1. The van der Waals surface area contributed by atoms with E-state index in [0.29, 0.717) is 13.0 Å². The van der Waals surface area contributed by atoms with Gasteiger partial charge in [0.25, 0.3) is 15.9 Å². The molecule has 0 aliphatic rings. The molecule has 0 aliphatic carbocycles. The summed E-state index contributed by atoms with van der Waals surface area (Å²) in [7, 11) is -0.863. The van der Waals surface area contributed by atoms with E-state index in [9.17, 15) is 13.2 Å². The number of furan rings is 1. The summed E-state index contributed by atoms with van der Waals surface area (Å²) in [4.78, 5) is 11.6. The van der Waals surface area contributed by atoms with Crippen molar-refractivity contribution in [3.05, 3.63) is 30.5 Å². The van der Waals surface area contributed by atoms with Crippen LogP contribution in [0.1, 0.15) is 17.0 Å². The first-order valence-corrected chi connectivity index (χ1v) is 6.75. The summed E-state index contributed by atoms with van der Waals surface area (Å²) < 4.78 is 29.5. The molecule has 18 heavy (non-hydrogen) atoms. The molecule has 0 atom stereocenters. The second kappa shape index (κ2) is 5.83. The fourth-order valence-corrected chi connectivity index (χ4v) is 1.93. The number of hydrogen-bond acceptors (Lipinski definition) is 4. The van der Waals surface area contributed by atoms with Crippen molar-refractivity contribution >= 4 is 15.9 Å². The van der Waals surface area contributed by atoms with Crippen LogP contribution in [0.4, 0.5) is 0 Å². The lowest BCUT2D eigenvalue weighted by molar-refractivity contribution is 0.0921. The molecule has 1 N–H and O–H groups in total. The molecule has 1 amide bonds. The second-order valence-corrected chi connectivity index (χ2v) is 5.82. The van der Waals surface area contributed by atoms with Crippen LogP contribution in [-0.4, -0.2) is 39.3 Å². The normalized spacial score (nSPS) is 11.5. The highest BCUT2D eigenvalue weighted by Gasteiger charge is 2.23. The third-order valence-corrected chi connectivity index (χ3v) is 3.86. The molecule has 1 aromatic rings. The minimum absolute atomic E-state index is 0.0283. The fraction of sp³-hybridized carbons (Fsp3) is 0.364. The summed E-state index contributed by atoms with van der Waals surface area (Å²) in [5.41, 5.74) is 0. The second-order valence-electron chi connectivity index (χ2n) is 3.74. The van der Waals surface area contributed by atoms with Crippen LogP contribution in [0.5, 0.6) is 0 Å². The lowest BCUT2D eigenvalue weighted by atomic mass is 10.4. The van der Waals surface area contributed by atoms with Gasteiger partial charge >= 0.3 is 0 Å². The number of rotatable bonds is 6. The average Bonchev–Trinajstić information content (AvgIpc) is 2.78. The maximum absolute atomic E-state index is 11.7. The van der Waals surface area contributed by atoms with Crippen LogP contribution in [0.3, 0.4) is 0 Å². The van der Waals surface area contributed by atoms with Gasteiger partial charge in [-0.1, -0.05) is 6.08 Å². The van der Waals surface area contributed by atoms with Crippen LogP contribution in [0.2, 0.25) is 0 Å². The Bertz CT molecular complexity index is 531. The van der Waals surface area contributed by atoms with E-state index in [1.165, 1.54) is 26.2 Å². The minimum Gasteiger partial charge on any atom is -0.438 e. The van der Waals surface area contributed by atoms with Crippen molar-refractivity contribution in [1.29, 1.82) is 0 Å². The summed E-state index contributed by atoms with van der Waals surface area (Å²) in [6.45, 7) is 3.96. The molecule has 0 unspecified atom stereocenters. The predicted molar refractivity (Wildman–Crippen MR) is 66.7 cm³/mol. The van der Waals surface area contributed by atoms with Gasteiger partial charge in [-0.2, -0.15) is 0 Å². The molecule has 1 heterocycles. The van der Waals surface area contributed by atoms with Crippen LogP contribution in [-0.2, 0) is 10.0 Å². The lowest BCUT2D eigenvalue weighted by Crippen LogP contribution is -2.24. The van der Waals surface area contributed by atoms with E-state index >= 15 is 0 Å². The molecule has 7 heteroatoms. The molecule has 0 spiro atoms. The molecule has 0 bridgehead atoms. The number of carbonyl (C=O) groups excluding carboxylic acids is 1. The number of nitrogens with zero attached hydrogens (tertiary/aromatic N) is 1. The number of nitrogens with one attached hydrogen (secondary N) is 1. The maximum atomic E-state index is 11.7. The Morgan fingerprint density at radius 2 is 2.17 bits per heavy atom. The lowest BCUT2D eigenvalue weighted by Gasteiger charge is -2.07. The zero-order valence-electron chi connectivity index (χ0n) is 10.3. The van der Waals surface area contributed by atoms with Gasteiger partial charge in [0.2, 0.25) is 5.09 Å². The average molecular weight is 272 g/mol. The third-order valence-electron chi connectivity index (χ3n) is 2.17. The molecule has 0 aromatic carbocycles. The van der Waals surface area contributed by atoms with Gasteiger partial charge in [-0.25, -0.2) is 12.7 Å². The first-order valence-electron chi connectivity index (χ1n) is 5.31. The van der Waals surface area contributed by atoms with E-state index in [-0.39, 0.29) is 10.9 Å². The van der Waals surface area contributed by atoms with Crippen molar-refractivity contribution in [1.82, 2.24) is 9.62 Å². The molecule has 0 aliphatic heterocycles. The van der Waals surface area contributed by atoms with Crippen molar-refractivity contribution in [3.8, 4) is 0 Å². The summed E-state index contributed by atoms with van der Waals surface area (Å²) >= 11 is 0. The highest BCUT2D eigenvalue weighted by Crippen LogP contribution is 2.16. The molecule has 100 valence electrons. The van der Waals surface area contributed by atoms with Gasteiger partial charge in [-0.05, 0) is 18.6 Å². The Hall–Kier alpha value is -1.60. The van der Waals surface area contributed by atoms with Gasteiger partial charge < -0.3 is 9.73 Å². The predicted octanol–water partition coefficient (Wildman–Crippen LogP) is 0.836. The zero-order chi connectivity index (χ0) is 13.8. The van der Waals surface area contributed by atoms with Gasteiger partial charge in [-0.3, -0.25) is 4.79 Å². The van der Waals surface area contributed by atoms with Crippen LogP contribution < -0.4 is 5.32 Å². The van der Waals surface area contributed by atoms with Gasteiger partial charge in [0, 0.05) is 20.6 Å². The smallest absolute Gasteiger partial charge is 0.287 e. The summed E-state index contributed by atoms with van der Waals surface area (Å²) in [6, 6.07) is 2.59. The molecule has 1 aromatic heterocycles. The third kappa shape index (κ3) is 3.21. The van der Waals surface area contributed by atoms with E-state index in [4.69, 9.17) is 4.42 Å². The number of carbonyl (C=O) groups is 1. The molecule has 0 radical (unpaired) electrons. The van der Waals surface area contributed by atoms with Crippen LogP contribution >= 0.6 is 0 Å². The monoisotopic (exact) mass is 272 g/mol. The molecule has 6 nitrogen and oxygen atoms in total. The summed E-state index contributed by atoms with van der Waals surface area (Å²) in [6.07, 6.45) is 2.31. The molecule has 0 saturated heterocycles. The van der Waals surface area contributed by atoms with E-state index in [1.54, 1.807) is 6.08 Å². The van der Waals surface area contributed by atoms with Crippen molar-refractivity contribution < 1.29 is 17.6 Å². The standard InChI is InChI=1S/C11H16N2O4S/c1-4-5-8-12-11(14)9-6-7-10(17-9)18(15,16)13(2)3/h4,6-7H,1,5,8H2,2-3H3,(H,12,14). The van der Waals surface area contributed by atoms with Crippen molar-refractivity contribution in [3.63, 3.8) is 0 Å². The number of amides is 1. The Labute approximate surface area is 106 Å². The molecule has 0 fully saturated rings. The molecular weight excluding hydrogens is 256 g/mol. The Balaban J connectivity index is 2.81. The number of sulfonamides is 1. The van der Waals surface area contributed by atoms with Crippen molar-refractivity contribution in [2.45, 2.75) is 11.5 Å². The fourth-order valence-electron chi connectivity index (χ4n) is 1.14. The minimum atomic E-state index is -3.64. The summed E-state index contributed by atoms with van der Waals surface area (Å²) in [5.74, 6) is -0.475. The Kier molecular flexibility index (Phi) is 4.69. The van der Waals surface area contributed by atoms with E-state index in [0.717, 1.165) is 4.31 Å². The van der Waals surface area contributed by atoms with E-state index in [1.807, 2.05) is 0 Å².